The molecule has 248 valence electrons. The highest BCUT2D eigenvalue weighted by Crippen LogP contribution is 2.52. The van der Waals surface area contributed by atoms with Crippen LogP contribution in [0.1, 0.15) is 0 Å². The second-order valence-corrected chi connectivity index (χ2v) is 15.4. The van der Waals surface area contributed by atoms with Gasteiger partial charge in [0, 0.05) is 77.0 Å². The lowest BCUT2D eigenvalue weighted by Crippen LogP contribution is -1.97. The van der Waals surface area contributed by atoms with Crippen LogP contribution in [-0.2, 0) is 0 Å². The number of hydrogen-bond donors (Lipinski definition) is 0. The van der Waals surface area contributed by atoms with E-state index >= 15 is 0 Å². The first-order valence-electron chi connectivity index (χ1n) is 17.6. The Balaban J connectivity index is 1.23. The van der Waals surface area contributed by atoms with Gasteiger partial charge in [0.15, 0.2) is 0 Å². The van der Waals surface area contributed by atoms with Crippen LogP contribution in [0.15, 0.2) is 158 Å². The molecule has 6 heterocycles. The lowest BCUT2D eigenvalue weighted by atomic mass is 10.0. The zero-order valence-electron chi connectivity index (χ0n) is 28.0. The second kappa shape index (κ2) is 11.0. The molecule has 0 saturated heterocycles. The summed E-state index contributed by atoms with van der Waals surface area (Å²) in [5.74, 6) is 3.40. The highest BCUT2D eigenvalue weighted by molar-refractivity contribution is 7.27. The largest absolute Gasteiger partial charge is 0.454 e. The molecule has 0 atom stereocenters. The minimum Gasteiger partial charge on any atom is -0.454 e. The Kier molecular flexibility index (Phi) is 6.03. The summed E-state index contributed by atoms with van der Waals surface area (Å²) >= 11 is 3.58. The summed E-state index contributed by atoms with van der Waals surface area (Å²) in [4.78, 5) is 9.68. The summed E-state index contributed by atoms with van der Waals surface area (Å²) in [6, 6.07) is 51.4. The Morgan fingerprint density at radius 1 is 0.396 bits per heavy atom. The number of ether oxygens (including phenoxy) is 1. The normalized spacial score (nSPS) is 12.2. The predicted octanol–water partition coefficient (Wildman–Crippen LogP) is 13.2. The van der Waals surface area contributed by atoms with Gasteiger partial charge < -0.3 is 4.74 Å². The summed E-state index contributed by atoms with van der Waals surface area (Å²) < 4.78 is 16.7. The third-order valence-electron chi connectivity index (χ3n) is 10.5. The fraction of sp³-hybridized carbons (Fsp3) is 0. The molecule has 5 nitrogen and oxygen atoms in total. The number of fused-ring (bicyclic) bond motifs is 14. The third kappa shape index (κ3) is 4.06. The first-order valence-corrected chi connectivity index (χ1v) is 19.2. The molecular formula is C46H26N4OS2. The number of hydrogen-bond acceptors (Lipinski definition) is 5. The Labute approximate surface area is 310 Å². The highest BCUT2D eigenvalue weighted by Gasteiger charge is 2.25. The van der Waals surface area contributed by atoms with Crippen molar-refractivity contribution in [3.63, 3.8) is 0 Å². The first kappa shape index (κ1) is 29.1. The Bertz CT molecular complexity index is 3200. The number of aromatic nitrogens is 4. The van der Waals surface area contributed by atoms with Gasteiger partial charge in [0.05, 0.1) is 31.5 Å². The molecule has 6 aromatic carbocycles. The molecule has 53 heavy (non-hydrogen) atoms. The van der Waals surface area contributed by atoms with Crippen molar-refractivity contribution in [1.29, 1.82) is 0 Å². The van der Waals surface area contributed by atoms with E-state index in [0.29, 0.717) is 0 Å². The van der Waals surface area contributed by atoms with Crippen molar-refractivity contribution in [3.05, 3.63) is 158 Å². The molecule has 0 fully saturated rings. The summed E-state index contributed by atoms with van der Waals surface area (Å²) in [5, 5.41) is 9.69. The van der Waals surface area contributed by atoms with Gasteiger partial charge in [-0.25, -0.2) is 9.97 Å². The number of thiophene rings is 2. The number of benzene rings is 6. The zero-order valence-corrected chi connectivity index (χ0v) is 29.7. The van der Waals surface area contributed by atoms with Crippen molar-refractivity contribution in [2.24, 2.45) is 0 Å². The zero-order chi connectivity index (χ0) is 34.6. The molecule has 0 saturated carbocycles. The van der Waals surface area contributed by atoms with Gasteiger partial charge in [0.25, 0.3) is 0 Å². The van der Waals surface area contributed by atoms with E-state index in [1.807, 2.05) is 36.7 Å². The van der Waals surface area contributed by atoms with E-state index in [9.17, 15) is 0 Å². The number of rotatable bonds is 4. The smallest absolute Gasteiger partial charge is 0.147 e. The van der Waals surface area contributed by atoms with Gasteiger partial charge in [-0.1, -0.05) is 84.9 Å². The molecule has 0 spiro atoms. The molecule has 12 aromatic rings. The van der Waals surface area contributed by atoms with Gasteiger partial charge in [-0.3, -0.25) is 9.13 Å². The van der Waals surface area contributed by atoms with Gasteiger partial charge in [0.2, 0.25) is 0 Å². The molecule has 0 aliphatic carbocycles. The van der Waals surface area contributed by atoms with Crippen LogP contribution in [0, 0.1) is 0 Å². The maximum atomic E-state index is 7.41. The van der Waals surface area contributed by atoms with Crippen molar-refractivity contribution < 1.29 is 4.74 Å². The van der Waals surface area contributed by atoms with Gasteiger partial charge in [-0.15, -0.1) is 22.7 Å². The Morgan fingerprint density at radius 2 is 0.811 bits per heavy atom. The van der Waals surface area contributed by atoms with E-state index in [1.165, 1.54) is 52.5 Å². The summed E-state index contributed by atoms with van der Waals surface area (Å²) in [6.45, 7) is 0. The van der Waals surface area contributed by atoms with Crippen LogP contribution < -0.4 is 4.74 Å². The third-order valence-corrected chi connectivity index (χ3v) is 12.8. The maximum Gasteiger partial charge on any atom is 0.147 e. The average Bonchev–Trinajstić information content (AvgIpc) is 3.96. The van der Waals surface area contributed by atoms with Gasteiger partial charge >= 0.3 is 0 Å². The highest BCUT2D eigenvalue weighted by atomic mass is 32.1. The minimum atomic E-state index is 0.826. The number of para-hydroxylation sites is 2. The Hall–Kier alpha value is -6.54. The van der Waals surface area contributed by atoms with Crippen LogP contribution in [0.2, 0.25) is 0 Å². The molecule has 0 N–H and O–H groups in total. The van der Waals surface area contributed by atoms with Crippen molar-refractivity contribution in [2.45, 2.75) is 0 Å². The van der Waals surface area contributed by atoms with Gasteiger partial charge in [-0.2, -0.15) is 0 Å². The predicted molar refractivity (Wildman–Crippen MR) is 223 cm³/mol. The topological polar surface area (TPSA) is 44.9 Å². The number of nitrogens with zero attached hydrogens (tertiary/aromatic N) is 4. The molecular weight excluding hydrogens is 689 g/mol. The van der Waals surface area contributed by atoms with E-state index in [2.05, 4.69) is 130 Å². The molecule has 0 amide bonds. The van der Waals surface area contributed by atoms with E-state index in [4.69, 9.17) is 14.7 Å². The fourth-order valence-electron chi connectivity index (χ4n) is 8.37. The standard InChI is InChI=1S/C46H26N4OS2/c1-5-17-31-27(13-1)41-33(49(31)39-21-9-11-23-47-39)25-35(45-43(41)29-15-3-7-19-37(29)52-45)51-36-26-34-42(44-30-16-4-8-20-38(30)53-46(36)44)28-14-2-6-18-32(28)50(34)40-22-10-12-24-48-40/h1-26H. The average molecular weight is 715 g/mol. The van der Waals surface area contributed by atoms with E-state index < -0.39 is 0 Å². The maximum absolute atomic E-state index is 7.41. The SMILES string of the molecule is c1ccc(-n2c3ccccc3c3c4c(sc5ccccc54)c(Oc4cc5c(c6ccccc6n5-c5ccccn5)c5c4sc4ccccc45)cc32)nc1. The molecule has 0 unspecified atom stereocenters. The molecule has 0 bridgehead atoms. The van der Waals surface area contributed by atoms with Crippen LogP contribution in [0.25, 0.3) is 95.6 Å². The van der Waals surface area contributed by atoms with Crippen molar-refractivity contribution in [2.75, 3.05) is 0 Å². The molecule has 6 aromatic heterocycles. The summed E-state index contributed by atoms with van der Waals surface area (Å²) in [6.07, 6.45) is 3.72. The van der Waals surface area contributed by atoms with Crippen molar-refractivity contribution in [1.82, 2.24) is 19.1 Å². The second-order valence-electron chi connectivity index (χ2n) is 13.3. The van der Waals surface area contributed by atoms with E-state index in [0.717, 1.165) is 54.6 Å². The monoisotopic (exact) mass is 714 g/mol. The van der Waals surface area contributed by atoms with Crippen LogP contribution in [0.4, 0.5) is 0 Å². The molecule has 0 aliphatic heterocycles. The van der Waals surface area contributed by atoms with Crippen molar-refractivity contribution >= 4 is 107 Å². The minimum absolute atomic E-state index is 0.826. The fourth-order valence-corrected chi connectivity index (χ4v) is 10.7. The van der Waals surface area contributed by atoms with E-state index in [-0.39, 0.29) is 0 Å². The Morgan fingerprint density at radius 3 is 1.26 bits per heavy atom. The lowest BCUT2D eigenvalue weighted by molar-refractivity contribution is 0.496. The molecule has 0 radical (unpaired) electrons. The van der Waals surface area contributed by atoms with Crippen LogP contribution in [0.3, 0.4) is 0 Å². The van der Waals surface area contributed by atoms with Gasteiger partial charge in [0.1, 0.15) is 23.1 Å². The van der Waals surface area contributed by atoms with Crippen LogP contribution >= 0.6 is 22.7 Å². The number of pyridine rings is 2. The lowest BCUT2D eigenvalue weighted by Gasteiger charge is -2.13. The molecule has 0 aliphatic rings. The summed E-state index contributed by atoms with van der Waals surface area (Å²) in [5.41, 5.74) is 4.35. The van der Waals surface area contributed by atoms with E-state index in [1.54, 1.807) is 22.7 Å². The van der Waals surface area contributed by atoms with Crippen LogP contribution in [0.5, 0.6) is 11.5 Å². The van der Waals surface area contributed by atoms with Gasteiger partial charge in [-0.05, 0) is 48.5 Å². The summed E-state index contributed by atoms with van der Waals surface area (Å²) in [7, 11) is 0. The molecule has 7 heteroatoms. The quantitative estimate of drug-likeness (QED) is 0.182. The van der Waals surface area contributed by atoms with Crippen LogP contribution in [-0.4, -0.2) is 19.1 Å². The first-order chi connectivity index (χ1) is 26.3. The molecule has 12 rings (SSSR count). The van der Waals surface area contributed by atoms with Crippen molar-refractivity contribution in [3.8, 4) is 23.1 Å².